The number of sulfonamides is 1. The van der Waals surface area contributed by atoms with Crippen LogP contribution >= 0.6 is 11.6 Å². The number of rotatable bonds is 8. The van der Waals surface area contributed by atoms with Crippen LogP contribution in [0.25, 0.3) is 0 Å². The number of aryl methyl sites for hydroxylation is 2. The topological polar surface area (TPSA) is 75.7 Å². The van der Waals surface area contributed by atoms with Gasteiger partial charge in [0.25, 0.3) is 0 Å². The minimum Gasteiger partial charge on any atom is -0.492 e. The molecule has 0 spiro atoms. The van der Waals surface area contributed by atoms with Crippen molar-refractivity contribution in [2.24, 2.45) is 0 Å². The lowest BCUT2D eigenvalue weighted by Crippen LogP contribution is -2.48. The summed E-state index contributed by atoms with van der Waals surface area (Å²) in [5, 5.41) is 3.20. The second-order valence-electron chi connectivity index (χ2n) is 6.67. The molecule has 0 aliphatic heterocycles. The maximum absolute atomic E-state index is 12.5. The zero-order valence-electron chi connectivity index (χ0n) is 16.4. The zero-order valence-corrected chi connectivity index (χ0v) is 18.0. The molecule has 2 aromatic rings. The predicted octanol–water partition coefficient (Wildman–Crippen LogP) is 3.31. The number of hydrogen-bond donors (Lipinski definition) is 1. The van der Waals surface area contributed by atoms with Crippen molar-refractivity contribution in [2.75, 3.05) is 23.7 Å². The number of halogens is 1. The molecule has 0 heterocycles. The molecule has 0 saturated heterocycles. The van der Waals surface area contributed by atoms with Crippen molar-refractivity contribution in [3.63, 3.8) is 0 Å². The monoisotopic (exact) mass is 424 g/mol. The normalized spacial score (nSPS) is 12.3. The van der Waals surface area contributed by atoms with Gasteiger partial charge in [-0.25, -0.2) is 8.42 Å². The minimum atomic E-state index is -3.66. The Morgan fingerprint density at radius 2 is 1.71 bits per heavy atom. The van der Waals surface area contributed by atoms with E-state index in [4.69, 9.17) is 16.3 Å². The molecule has 1 amide bonds. The van der Waals surface area contributed by atoms with E-state index >= 15 is 0 Å². The fourth-order valence-corrected chi connectivity index (χ4v) is 4.20. The molecule has 0 aliphatic carbocycles. The summed E-state index contributed by atoms with van der Waals surface area (Å²) in [7, 11) is -3.66. The van der Waals surface area contributed by atoms with Crippen LogP contribution in [-0.4, -0.2) is 39.8 Å². The molecule has 0 radical (unpaired) electrons. The molecule has 1 atom stereocenters. The summed E-state index contributed by atoms with van der Waals surface area (Å²) >= 11 is 5.87. The summed E-state index contributed by atoms with van der Waals surface area (Å²) < 4.78 is 31.2. The molecule has 0 aromatic heterocycles. The van der Waals surface area contributed by atoms with Crippen molar-refractivity contribution in [1.82, 2.24) is 5.32 Å². The van der Waals surface area contributed by atoms with Crippen molar-refractivity contribution in [2.45, 2.75) is 26.8 Å². The Hall–Kier alpha value is -2.25. The second-order valence-corrected chi connectivity index (χ2v) is 8.97. The largest absolute Gasteiger partial charge is 0.492 e. The molecule has 6 nitrogen and oxygen atoms in total. The van der Waals surface area contributed by atoms with Crippen LogP contribution in [0, 0.1) is 13.8 Å². The maximum atomic E-state index is 12.5. The van der Waals surface area contributed by atoms with Gasteiger partial charge in [0.05, 0.1) is 18.5 Å². The summed E-state index contributed by atoms with van der Waals surface area (Å²) in [6, 6.07) is 11.3. The van der Waals surface area contributed by atoms with Gasteiger partial charge in [-0.2, -0.15) is 0 Å². The molecule has 1 N–H and O–H groups in total. The van der Waals surface area contributed by atoms with E-state index in [1.54, 1.807) is 24.3 Å². The first-order valence-corrected chi connectivity index (χ1v) is 11.0. The first-order chi connectivity index (χ1) is 13.1. The zero-order chi connectivity index (χ0) is 20.9. The van der Waals surface area contributed by atoms with Gasteiger partial charge in [-0.3, -0.25) is 9.10 Å². The van der Waals surface area contributed by atoms with Gasteiger partial charge in [0.2, 0.25) is 15.9 Å². The lowest BCUT2D eigenvalue weighted by Gasteiger charge is -2.28. The Morgan fingerprint density at radius 1 is 1.14 bits per heavy atom. The summed E-state index contributed by atoms with van der Waals surface area (Å²) in [6.45, 7) is 6.05. The lowest BCUT2D eigenvalue weighted by molar-refractivity contribution is -0.121. The van der Waals surface area contributed by atoms with Crippen LogP contribution in [0.2, 0.25) is 5.02 Å². The number of nitrogens with one attached hydrogen (secondary N) is 1. The molecule has 2 rings (SSSR count). The molecule has 0 saturated carbocycles. The van der Waals surface area contributed by atoms with E-state index in [-0.39, 0.29) is 13.2 Å². The molecule has 0 aliphatic rings. The number of nitrogens with zero attached hydrogens (tertiary/aromatic N) is 1. The Bertz CT molecular complexity index is 909. The second kappa shape index (κ2) is 9.30. The minimum absolute atomic E-state index is 0.258. The first-order valence-electron chi connectivity index (χ1n) is 8.81. The van der Waals surface area contributed by atoms with E-state index < -0.39 is 22.0 Å². The number of anilines is 1. The third-order valence-electron chi connectivity index (χ3n) is 4.03. The van der Waals surface area contributed by atoms with E-state index in [9.17, 15) is 13.2 Å². The fourth-order valence-electron chi connectivity index (χ4n) is 2.90. The number of amides is 1. The van der Waals surface area contributed by atoms with Crippen LogP contribution < -0.4 is 14.4 Å². The molecule has 0 fully saturated rings. The van der Waals surface area contributed by atoms with Gasteiger partial charge < -0.3 is 10.1 Å². The molecular formula is C20H25ClN2O4S. The van der Waals surface area contributed by atoms with E-state index in [2.05, 4.69) is 5.32 Å². The highest BCUT2D eigenvalue weighted by atomic mass is 35.5. The van der Waals surface area contributed by atoms with Crippen LogP contribution in [0.5, 0.6) is 5.75 Å². The quantitative estimate of drug-likeness (QED) is 0.659. The average Bonchev–Trinajstić information content (AvgIpc) is 2.58. The van der Waals surface area contributed by atoms with Gasteiger partial charge in [0, 0.05) is 5.02 Å². The van der Waals surface area contributed by atoms with Crippen LogP contribution in [-0.2, 0) is 14.8 Å². The van der Waals surface area contributed by atoms with Gasteiger partial charge in [0.15, 0.2) is 0 Å². The number of carbonyl (C=O) groups excluding carboxylic acids is 1. The van der Waals surface area contributed by atoms with Crippen LogP contribution in [0.15, 0.2) is 42.5 Å². The lowest BCUT2D eigenvalue weighted by atomic mass is 10.1. The fraction of sp³-hybridized carbons (Fsp3) is 0.350. The highest BCUT2D eigenvalue weighted by Gasteiger charge is 2.28. The number of carbonyl (C=O) groups is 1. The Morgan fingerprint density at radius 3 is 2.25 bits per heavy atom. The smallest absolute Gasteiger partial charge is 0.243 e. The maximum Gasteiger partial charge on any atom is 0.243 e. The standard InChI is InChI=1S/C20H25ClN2O4S/c1-14-11-15(2)13-19(12-14)27-10-9-22-20(24)16(3)23(28(4,25)26)18-7-5-17(21)6-8-18/h5-8,11-13,16H,9-10H2,1-4H3,(H,22,24)/t16-/m0/s1. The third-order valence-corrected chi connectivity index (χ3v) is 5.53. The van der Waals surface area contributed by atoms with Gasteiger partial charge in [-0.05, 0) is 68.3 Å². The van der Waals surface area contributed by atoms with Gasteiger partial charge in [-0.1, -0.05) is 17.7 Å². The first kappa shape index (κ1) is 22.0. The molecular weight excluding hydrogens is 400 g/mol. The molecule has 0 bridgehead atoms. The Labute approximate surface area is 171 Å². The molecule has 28 heavy (non-hydrogen) atoms. The van der Waals surface area contributed by atoms with Crippen molar-refractivity contribution in [3.05, 3.63) is 58.6 Å². The van der Waals surface area contributed by atoms with E-state index in [0.717, 1.165) is 27.4 Å². The van der Waals surface area contributed by atoms with Crippen molar-refractivity contribution in [1.29, 1.82) is 0 Å². The van der Waals surface area contributed by atoms with Gasteiger partial charge >= 0.3 is 0 Å². The van der Waals surface area contributed by atoms with Gasteiger partial charge in [-0.15, -0.1) is 0 Å². The van der Waals surface area contributed by atoms with Gasteiger partial charge in [0.1, 0.15) is 18.4 Å². The van der Waals surface area contributed by atoms with Crippen LogP contribution in [0.1, 0.15) is 18.1 Å². The molecule has 0 unspecified atom stereocenters. The Balaban J connectivity index is 1.98. The van der Waals surface area contributed by atoms with E-state index in [1.807, 2.05) is 32.0 Å². The highest BCUT2D eigenvalue weighted by molar-refractivity contribution is 7.92. The van der Waals surface area contributed by atoms with Crippen molar-refractivity contribution < 1.29 is 17.9 Å². The number of benzene rings is 2. The predicted molar refractivity (Wildman–Crippen MR) is 113 cm³/mol. The molecule has 8 heteroatoms. The van der Waals surface area contributed by atoms with Crippen molar-refractivity contribution in [3.8, 4) is 5.75 Å². The number of hydrogen-bond acceptors (Lipinski definition) is 4. The Kier molecular flexibility index (Phi) is 7.32. The highest BCUT2D eigenvalue weighted by Crippen LogP contribution is 2.23. The number of ether oxygens (including phenoxy) is 1. The van der Waals surface area contributed by atoms with Crippen molar-refractivity contribution >= 4 is 33.2 Å². The summed E-state index contributed by atoms with van der Waals surface area (Å²) in [5.41, 5.74) is 2.57. The molecule has 152 valence electrons. The average molecular weight is 425 g/mol. The van der Waals surface area contributed by atoms with Crippen LogP contribution in [0.3, 0.4) is 0 Å². The van der Waals surface area contributed by atoms with E-state index in [1.165, 1.54) is 6.92 Å². The third kappa shape index (κ3) is 6.14. The van der Waals surface area contributed by atoms with Crippen LogP contribution in [0.4, 0.5) is 5.69 Å². The SMILES string of the molecule is Cc1cc(C)cc(OCCNC(=O)[C@H](C)N(c2ccc(Cl)cc2)S(C)(=O)=O)c1. The summed E-state index contributed by atoms with van der Waals surface area (Å²) in [6.07, 6.45) is 1.06. The molecule has 2 aromatic carbocycles. The summed E-state index contributed by atoms with van der Waals surface area (Å²) in [5.74, 6) is 0.322. The van der Waals surface area contributed by atoms with E-state index in [0.29, 0.717) is 10.7 Å². The summed E-state index contributed by atoms with van der Waals surface area (Å²) in [4.78, 5) is 12.5.